The van der Waals surface area contributed by atoms with Crippen molar-refractivity contribution in [3.63, 3.8) is 0 Å². The molecule has 1 aromatic carbocycles. The van der Waals surface area contributed by atoms with Crippen LogP contribution in [0.5, 0.6) is 5.75 Å². The van der Waals surface area contributed by atoms with E-state index in [1.807, 2.05) is 18.2 Å². The summed E-state index contributed by atoms with van der Waals surface area (Å²) < 4.78 is 30.6. The monoisotopic (exact) mass is 354 g/mol. The normalized spacial score (nSPS) is 13.0. The number of ether oxygens (including phenoxy) is 1. The van der Waals surface area contributed by atoms with E-state index in [-0.39, 0.29) is 18.0 Å². The Labute approximate surface area is 141 Å². The van der Waals surface area contributed by atoms with Crippen molar-refractivity contribution >= 4 is 17.2 Å². The molecule has 0 atom stereocenters. The van der Waals surface area contributed by atoms with E-state index < -0.39 is 18.9 Å². The van der Waals surface area contributed by atoms with E-state index in [2.05, 4.69) is 4.98 Å². The van der Waals surface area contributed by atoms with E-state index in [0.29, 0.717) is 11.6 Å². The van der Waals surface area contributed by atoms with Crippen molar-refractivity contribution in [1.82, 2.24) is 9.88 Å². The molecular weight excluding hydrogens is 338 g/mol. The fourth-order valence-corrected chi connectivity index (χ4v) is 3.43. The maximum atomic E-state index is 12.6. The molecule has 2 aromatic rings. The molecule has 3 rings (SSSR count). The van der Waals surface area contributed by atoms with Crippen molar-refractivity contribution in [1.29, 1.82) is 0 Å². The quantitative estimate of drug-likeness (QED) is 0.866. The third-order valence-electron chi connectivity index (χ3n) is 3.67. The summed E-state index contributed by atoms with van der Waals surface area (Å²) >= 11 is 1.15. The minimum atomic E-state index is -2.65. The number of fused-ring (bicyclic) bond motifs is 1. The molecule has 0 unspecified atom stereocenters. The van der Waals surface area contributed by atoms with Crippen LogP contribution in [0.3, 0.4) is 0 Å². The Balaban J connectivity index is 1.80. The van der Waals surface area contributed by atoms with Crippen LogP contribution in [0, 0.1) is 0 Å². The van der Waals surface area contributed by atoms with Crippen LogP contribution in [0.15, 0.2) is 24.4 Å². The van der Waals surface area contributed by atoms with Gasteiger partial charge in [-0.1, -0.05) is 0 Å². The molecule has 1 amide bonds. The number of nitrogens with zero attached hydrogens (tertiary/aromatic N) is 2. The van der Waals surface area contributed by atoms with E-state index in [1.54, 1.807) is 0 Å². The van der Waals surface area contributed by atoms with E-state index >= 15 is 0 Å². The molecule has 0 bridgehead atoms. The standard InChI is InChI=1S/C16H16F2N2O3S/c17-14(18)9-20(4-5-21)16(22)13-8-19-15(24-13)11-1-2-12-10(7-11)3-6-23-12/h1-2,7-8,14,21H,3-6,9H2. The molecule has 0 fully saturated rings. The molecule has 0 saturated heterocycles. The summed E-state index contributed by atoms with van der Waals surface area (Å²) in [6, 6.07) is 5.71. The number of alkyl halides is 2. The summed E-state index contributed by atoms with van der Waals surface area (Å²) in [4.78, 5) is 17.8. The van der Waals surface area contributed by atoms with Gasteiger partial charge in [-0.25, -0.2) is 13.8 Å². The van der Waals surface area contributed by atoms with Crippen LogP contribution in [0.1, 0.15) is 15.2 Å². The third-order valence-corrected chi connectivity index (χ3v) is 4.70. The number of aromatic nitrogens is 1. The highest BCUT2D eigenvalue weighted by Gasteiger charge is 2.22. The van der Waals surface area contributed by atoms with E-state index in [4.69, 9.17) is 9.84 Å². The molecule has 0 radical (unpaired) electrons. The Morgan fingerprint density at radius 3 is 3.04 bits per heavy atom. The fourth-order valence-electron chi connectivity index (χ4n) is 2.54. The van der Waals surface area contributed by atoms with E-state index in [9.17, 15) is 13.6 Å². The lowest BCUT2D eigenvalue weighted by Crippen LogP contribution is -2.36. The van der Waals surface area contributed by atoms with Gasteiger partial charge in [-0.3, -0.25) is 4.79 Å². The topological polar surface area (TPSA) is 62.7 Å². The van der Waals surface area contributed by atoms with Crippen LogP contribution in [0.4, 0.5) is 8.78 Å². The van der Waals surface area contributed by atoms with Crippen molar-refractivity contribution in [2.24, 2.45) is 0 Å². The van der Waals surface area contributed by atoms with Crippen LogP contribution in [0.2, 0.25) is 0 Å². The molecule has 5 nitrogen and oxygen atoms in total. The minimum Gasteiger partial charge on any atom is -0.493 e. The second kappa shape index (κ2) is 7.23. The zero-order valence-electron chi connectivity index (χ0n) is 12.7. The van der Waals surface area contributed by atoms with Crippen molar-refractivity contribution in [2.45, 2.75) is 12.8 Å². The number of hydrogen-bond donors (Lipinski definition) is 1. The largest absolute Gasteiger partial charge is 0.493 e. The van der Waals surface area contributed by atoms with Crippen molar-refractivity contribution in [3.8, 4) is 16.3 Å². The molecule has 0 saturated carbocycles. The molecule has 8 heteroatoms. The number of carbonyl (C=O) groups excluding carboxylic acids is 1. The summed E-state index contributed by atoms with van der Waals surface area (Å²) in [6.45, 7) is -0.547. The van der Waals surface area contributed by atoms with Crippen LogP contribution in [0.25, 0.3) is 10.6 Å². The fraction of sp³-hybridized carbons (Fsp3) is 0.375. The Hall–Kier alpha value is -2.06. The number of amides is 1. The molecular formula is C16H16F2N2O3S. The average molecular weight is 354 g/mol. The first-order chi connectivity index (χ1) is 11.6. The van der Waals surface area contributed by atoms with Crippen LogP contribution < -0.4 is 4.74 Å². The predicted octanol–water partition coefficient (Wildman–Crippen LogP) is 2.44. The van der Waals surface area contributed by atoms with Gasteiger partial charge in [-0.15, -0.1) is 11.3 Å². The van der Waals surface area contributed by atoms with Gasteiger partial charge >= 0.3 is 0 Å². The lowest BCUT2D eigenvalue weighted by atomic mass is 10.1. The number of carbonyl (C=O) groups is 1. The molecule has 1 N–H and O–H groups in total. The minimum absolute atomic E-state index is 0.132. The SMILES string of the molecule is O=C(c1cnc(-c2ccc3c(c2)CCO3)s1)N(CCO)CC(F)F. The number of halogens is 2. The maximum absolute atomic E-state index is 12.6. The molecule has 2 heterocycles. The summed E-state index contributed by atoms with van der Waals surface area (Å²) in [5, 5.41) is 9.60. The van der Waals surface area contributed by atoms with Crippen molar-refractivity contribution in [2.75, 3.05) is 26.3 Å². The van der Waals surface area contributed by atoms with Gasteiger partial charge in [0.15, 0.2) is 0 Å². The zero-order valence-corrected chi connectivity index (χ0v) is 13.6. The molecule has 0 aliphatic carbocycles. The highest BCUT2D eigenvalue weighted by molar-refractivity contribution is 7.16. The summed E-state index contributed by atoms with van der Waals surface area (Å²) in [5.41, 5.74) is 1.96. The van der Waals surface area contributed by atoms with Crippen molar-refractivity contribution < 1.29 is 23.4 Å². The van der Waals surface area contributed by atoms with Gasteiger partial charge in [0.2, 0.25) is 0 Å². The van der Waals surface area contributed by atoms with Gasteiger partial charge in [0.25, 0.3) is 12.3 Å². The highest BCUT2D eigenvalue weighted by Crippen LogP contribution is 2.32. The summed E-state index contributed by atoms with van der Waals surface area (Å²) in [7, 11) is 0. The molecule has 1 aliphatic rings. The number of aliphatic hydroxyl groups is 1. The van der Waals surface area contributed by atoms with Gasteiger partial charge in [0.05, 0.1) is 26.0 Å². The van der Waals surface area contributed by atoms with Crippen LogP contribution in [-0.4, -0.2) is 53.6 Å². The molecule has 0 spiro atoms. The lowest BCUT2D eigenvalue weighted by molar-refractivity contribution is 0.0513. The average Bonchev–Trinajstić information content (AvgIpc) is 3.21. The Kier molecular flexibility index (Phi) is 5.06. The smallest absolute Gasteiger partial charge is 0.265 e. The molecule has 1 aliphatic heterocycles. The Morgan fingerprint density at radius 1 is 1.46 bits per heavy atom. The molecule has 24 heavy (non-hydrogen) atoms. The number of rotatable bonds is 6. The number of hydrogen-bond acceptors (Lipinski definition) is 5. The van der Waals surface area contributed by atoms with Gasteiger partial charge in [-0.2, -0.15) is 0 Å². The summed E-state index contributed by atoms with van der Waals surface area (Å²) in [6.07, 6.45) is -0.425. The second-order valence-electron chi connectivity index (χ2n) is 5.32. The molecule has 128 valence electrons. The lowest BCUT2D eigenvalue weighted by Gasteiger charge is -2.20. The summed E-state index contributed by atoms with van der Waals surface area (Å²) in [5.74, 6) is 0.315. The Bertz CT molecular complexity index is 736. The number of aliphatic hydroxyl groups excluding tert-OH is 1. The van der Waals surface area contributed by atoms with Gasteiger partial charge in [0, 0.05) is 18.5 Å². The first-order valence-corrected chi connectivity index (χ1v) is 8.30. The number of thiazole rings is 1. The first-order valence-electron chi connectivity index (χ1n) is 7.48. The number of benzene rings is 1. The van der Waals surface area contributed by atoms with Gasteiger partial charge in [-0.05, 0) is 23.8 Å². The van der Waals surface area contributed by atoms with Crippen LogP contribution in [-0.2, 0) is 6.42 Å². The van der Waals surface area contributed by atoms with Crippen LogP contribution >= 0.6 is 11.3 Å². The van der Waals surface area contributed by atoms with Gasteiger partial charge < -0.3 is 14.7 Å². The third kappa shape index (κ3) is 3.54. The zero-order chi connectivity index (χ0) is 17.1. The second-order valence-corrected chi connectivity index (χ2v) is 6.35. The van der Waals surface area contributed by atoms with E-state index in [0.717, 1.165) is 39.5 Å². The maximum Gasteiger partial charge on any atom is 0.265 e. The highest BCUT2D eigenvalue weighted by atomic mass is 32.1. The van der Waals surface area contributed by atoms with Gasteiger partial charge in [0.1, 0.15) is 15.6 Å². The predicted molar refractivity (Wildman–Crippen MR) is 85.7 cm³/mol. The molecule has 1 aromatic heterocycles. The van der Waals surface area contributed by atoms with Crippen molar-refractivity contribution in [3.05, 3.63) is 34.8 Å². The Morgan fingerprint density at radius 2 is 2.29 bits per heavy atom. The first kappa shape index (κ1) is 16.8. The van der Waals surface area contributed by atoms with E-state index in [1.165, 1.54) is 6.20 Å².